The molecule has 0 bridgehead atoms. The number of likely N-dealkylation sites (tertiary alicyclic amines) is 1. The monoisotopic (exact) mass is 472 g/mol. The highest BCUT2D eigenvalue weighted by atomic mass is 127. The summed E-state index contributed by atoms with van der Waals surface area (Å²) in [5.74, 6) is 0.834. The van der Waals surface area contributed by atoms with E-state index in [4.69, 9.17) is 0 Å². The van der Waals surface area contributed by atoms with Gasteiger partial charge in [0.1, 0.15) is 4.21 Å². The van der Waals surface area contributed by atoms with Crippen molar-refractivity contribution in [2.75, 3.05) is 33.2 Å². The molecule has 0 saturated carbocycles. The Kier molecular flexibility index (Phi) is 7.75. The van der Waals surface area contributed by atoms with Crippen LogP contribution in [0.3, 0.4) is 0 Å². The van der Waals surface area contributed by atoms with Crippen LogP contribution in [0.5, 0.6) is 0 Å². The predicted octanol–water partition coefficient (Wildman–Crippen LogP) is 1.95. The van der Waals surface area contributed by atoms with Crippen molar-refractivity contribution in [3.05, 3.63) is 17.5 Å². The van der Waals surface area contributed by atoms with Crippen LogP contribution < -0.4 is 10.0 Å². The second-order valence-electron chi connectivity index (χ2n) is 6.14. The van der Waals surface area contributed by atoms with Crippen LogP contribution in [0.1, 0.15) is 20.3 Å². The third-order valence-electron chi connectivity index (χ3n) is 3.65. The van der Waals surface area contributed by atoms with E-state index in [1.165, 1.54) is 11.3 Å². The van der Waals surface area contributed by atoms with E-state index in [1.807, 2.05) is 0 Å². The van der Waals surface area contributed by atoms with E-state index in [-0.39, 0.29) is 24.0 Å². The number of rotatable bonds is 5. The minimum absolute atomic E-state index is 0. The molecule has 0 aliphatic carbocycles. The Morgan fingerprint density at radius 1 is 1.43 bits per heavy atom. The summed E-state index contributed by atoms with van der Waals surface area (Å²) in [6.45, 7) is 7.27. The van der Waals surface area contributed by atoms with Gasteiger partial charge in [0.05, 0.1) is 0 Å². The molecule has 0 spiro atoms. The number of guanidine groups is 1. The van der Waals surface area contributed by atoms with Gasteiger partial charge in [-0.25, -0.2) is 13.1 Å². The molecule has 1 saturated heterocycles. The summed E-state index contributed by atoms with van der Waals surface area (Å²) in [6.07, 6.45) is 1.14. The van der Waals surface area contributed by atoms with E-state index < -0.39 is 10.0 Å². The Bertz CT molecular complexity index is 615. The van der Waals surface area contributed by atoms with Crippen molar-refractivity contribution in [1.82, 2.24) is 14.9 Å². The molecule has 0 amide bonds. The quantitative estimate of drug-likeness (QED) is 0.298. The molecule has 2 rings (SSSR count). The molecule has 1 aromatic rings. The molecule has 1 fully saturated rings. The van der Waals surface area contributed by atoms with Crippen LogP contribution in [0.15, 0.2) is 26.7 Å². The molecule has 132 valence electrons. The predicted molar refractivity (Wildman–Crippen MR) is 106 cm³/mol. The van der Waals surface area contributed by atoms with Gasteiger partial charge in [0, 0.05) is 33.2 Å². The van der Waals surface area contributed by atoms with Gasteiger partial charge in [-0.05, 0) is 23.3 Å². The number of hydrogen-bond acceptors (Lipinski definition) is 4. The second kappa shape index (κ2) is 8.63. The summed E-state index contributed by atoms with van der Waals surface area (Å²) in [5.41, 5.74) is 0.304. The molecule has 2 heterocycles. The third-order valence-corrected chi connectivity index (χ3v) is 6.51. The van der Waals surface area contributed by atoms with Crippen molar-refractivity contribution < 1.29 is 8.42 Å². The zero-order chi connectivity index (χ0) is 16.2. The van der Waals surface area contributed by atoms with Gasteiger partial charge in [-0.3, -0.25) is 4.99 Å². The van der Waals surface area contributed by atoms with Gasteiger partial charge in [0.2, 0.25) is 10.0 Å². The minimum Gasteiger partial charge on any atom is -0.355 e. The van der Waals surface area contributed by atoms with Crippen LogP contribution in [-0.4, -0.2) is 52.5 Å². The third kappa shape index (κ3) is 5.87. The molecular formula is C14H25IN4O2S2. The fourth-order valence-corrected chi connectivity index (χ4v) is 4.54. The van der Waals surface area contributed by atoms with Crippen LogP contribution in [0.4, 0.5) is 0 Å². The fraction of sp³-hybridized carbons (Fsp3) is 0.643. The zero-order valence-corrected chi connectivity index (χ0v) is 17.7. The lowest BCUT2D eigenvalue weighted by Crippen LogP contribution is -2.43. The van der Waals surface area contributed by atoms with Crippen LogP contribution >= 0.6 is 35.3 Å². The van der Waals surface area contributed by atoms with Gasteiger partial charge in [0.25, 0.3) is 0 Å². The summed E-state index contributed by atoms with van der Waals surface area (Å²) in [6, 6.07) is 3.33. The van der Waals surface area contributed by atoms with Crippen molar-refractivity contribution in [3.63, 3.8) is 0 Å². The molecule has 1 aliphatic heterocycles. The summed E-state index contributed by atoms with van der Waals surface area (Å²) < 4.78 is 26.9. The molecular weight excluding hydrogens is 447 g/mol. The Morgan fingerprint density at radius 3 is 2.70 bits per heavy atom. The topological polar surface area (TPSA) is 73.8 Å². The van der Waals surface area contributed by atoms with Crippen molar-refractivity contribution >= 4 is 51.3 Å². The van der Waals surface area contributed by atoms with Crippen LogP contribution in [0, 0.1) is 5.41 Å². The number of thiophene rings is 1. The number of sulfonamides is 1. The van der Waals surface area contributed by atoms with Gasteiger partial charge in [-0.15, -0.1) is 35.3 Å². The Hall–Kier alpha value is -0.390. The summed E-state index contributed by atoms with van der Waals surface area (Å²) in [4.78, 5) is 6.49. The van der Waals surface area contributed by atoms with Crippen LogP contribution in [-0.2, 0) is 10.0 Å². The molecule has 23 heavy (non-hydrogen) atoms. The summed E-state index contributed by atoms with van der Waals surface area (Å²) in [7, 11) is -1.63. The Morgan fingerprint density at radius 2 is 2.17 bits per heavy atom. The van der Waals surface area contributed by atoms with Gasteiger partial charge >= 0.3 is 0 Å². The number of halogens is 1. The van der Waals surface area contributed by atoms with Crippen molar-refractivity contribution in [2.45, 2.75) is 24.5 Å². The number of hydrogen-bond donors (Lipinski definition) is 2. The largest absolute Gasteiger partial charge is 0.355 e. The van der Waals surface area contributed by atoms with E-state index in [1.54, 1.807) is 24.6 Å². The van der Waals surface area contributed by atoms with E-state index in [0.29, 0.717) is 22.7 Å². The highest BCUT2D eigenvalue weighted by Gasteiger charge is 2.30. The normalized spacial score (nSPS) is 17.9. The number of aliphatic imine (C=N–C) groups is 1. The Labute approximate surface area is 159 Å². The lowest BCUT2D eigenvalue weighted by molar-refractivity contribution is 0.370. The first-order chi connectivity index (χ1) is 10.3. The first-order valence-electron chi connectivity index (χ1n) is 7.33. The van der Waals surface area contributed by atoms with Gasteiger partial charge in [0.15, 0.2) is 5.96 Å². The van der Waals surface area contributed by atoms with Crippen LogP contribution in [0.25, 0.3) is 0 Å². The lowest BCUT2D eigenvalue weighted by atomic mass is 9.93. The fourth-order valence-electron chi connectivity index (χ4n) is 2.47. The second-order valence-corrected chi connectivity index (χ2v) is 9.08. The molecule has 0 aromatic carbocycles. The van der Waals surface area contributed by atoms with E-state index in [2.05, 4.69) is 33.8 Å². The van der Waals surface area contributed by atoms with Crippen molar-refractivity contribution in [1.29, 1.82) is 0 Å². The van der Waals surface area contributed by atoms with Gasteiger partial charge < -0.3 is 10.2 Å². The van der Waals surface area contributed by atoms with Crippen molar-refractivity contribution in [3.8, 4) is 0 Å². The first kappa shape index (κ1) is 20.7. The molecule has 1 aliphatic rings. The van der Waals surface area contributed by atoms with Gasteiger partial charge in [-0.2, -0.15) is 0 Å². The number of nitrogens with one attached hydrogen (secondary N) is 2. The SMILES string of the molecule is CN=C(NCCNS(=O)(=O)c1cccs1)N1CCC(C)(C)C1.I. The number of nitrogens with zero attached hydrogens (tertiary/aromatic N) is 2. The molecule has 6 nitrogen and oxygen atoms in total. The maximum atomic E-state index is 12.0. The molecule has 0 unspecified atom stereocenters. The average Bonchev–Trinajstić information content (AvgIpc) is 3.08. The summed E-state index contributed by atoms with van der Waals surface area (Å²) in [5, 5.41) is 4.97. The van der Waals surface area contributed by atoms with Crippen molar-refractivity contribution in [2.24, 2.45) is 10.4 Å². The first-order valence-corrected chi connectivity index (χ1v) is 9.69. The van der Waals surface area contributed by atoms with E-state index >= 15 is 0 Å². The highest BCUT2D eigenvalue weighted by Crippen LogP contribution is 2.28. The molecule has 1 aromatic heterocycles. The van der Waals surface area contributed by atoms with Gasteiger partial charge in [-0.1, -0.05) is 19.9 Å². The minimum atomic E-state index is -3.38. The maximum absolute atomic E-state index is 12.0. The standard InChI is InChI=1S/C14H24N4O2S2.HI/c1-14(2)6-9-18(11-14)13(15-3)16-7-8-17-22(19,20)12-5-4-10-21-12;/h4-5,10,17H,6-9,11H2,1-3H3,(H,15,16);1H. The maximum Gasteiger partial charge on any atom is 0.250 e. The highest BCUT2D eigenvalue weighted by molar-refractivity contribution is 14.0. The smallest absolute Gasteiger partial charge is 0.250 e. The lowest BCUT2D eigenvalue weighted by Gasteiger charge is -2.23. The molecule has 9 heteroatoms. The summed E-state index contributed by atoms with van der Waals surface area (Å²) >= 11 is 1.22. The van der Waals surface area contributed by atoms with E-state index in [9.17, 15) is 8.42 Å². The molecule has 0 radical (unpaired) electrons. The van der Waals surface area contributed by atoms with Crippen LogP contribution in [0.2, 0.25) is 0 Å². The Balaban J connectivity index is 0.00000264. The average molecular weight is 472 g/mol. The molecule has 0 atom stereocenters. The zero-order valence-electron chi connectivity index (χ0n) is 13.7. The van der Waals surface area contributed by atoms with E-state index in [0.717, 1.165) is 25.5 Å². The molecule has 2 N–H and O–H groups in total.